The molecule has 4 atom stereocenters. The van der Waals surface area contributed by atoms with Crippen LogP contribution in [0, 0.1) is 17.3 Å². The molecule has 7 heteroatoms. The molecule has 3 N–H and O–H groups in total. The van der Waals surface area contributed by atoms with Crippen LogP contribution in [0.4, 0.5) is 0 Å². The molecule has 0 aromatic rings. The number of Topliss-reactive ketones (excluding diaryl/α,β-unsaturated/α-hetero) is 1. The first-order valence-corrected chi connectivity index (χ1v) is 8.14. The highest BCUT2D eigenvalue weighted by atomic mass is 16.5. The molecule has 0 aliphatic heterocycles. The van der Waals surface area contributed by atoms with Crippen LogP contribution in [-0.4, -0.2) is 52.4 Å². The quantitative estimate of drug-likeness (QED) is 0.483. The van der Waals surface area contributed by atoms with E-state index in [9.17, 15) is 24.6 Å². The summed E-state index contributed by atoms with van der Waals surface area (Å²) in [5.41, 5.74) is -1.21. The van der Waals surface area contributed by atoms with Gasteiger partial charge in [0, 0.05) is 12.3 Å². The van der Waals surface area contributed by atoms with Crippen molar-refractivity contribution < 1.29 is 34.4 Å². The summed E-state index contributed by atoms with van der Waals surface area (Å²) in [6.45, 7) is 6.39. The van der Waals surface area contributed by atoms with Crippen LogP contribution in [0.5, 0.6) is 0 Å². The van der Waals surface area contributed by atoms with Gasteiger partial charge in [-0.05, 0) is 18.8 Å². The van der Waals surface area contributed by atoms with E-state index in [1.165, 1.54) is 21.0 Å². The van der Waals surface area contributed by atoms with E-state index in [-0.39, 0.29) is 24.5 Å². The third-order valence-corrected chi connectivity index (χ3v) is 4.61. The summed E-state index contributed by atoms with van der Waals surface area (Å²) in [7, 11) is 1.20. The Hall–Kier alpha value is -1.47. The first-order valence-electron chi connectivity index (χ1n) is 8.14. The van der Waals surface area contributed by atoms with Crippen molar-refractivity contribution in [3.63, 3.8) is 0 Å². The number of aliphatic hydroxyl groups is 2. The summed E-state index contributed by atoms with van der Waals surface area (Å²) in [4.78, 5) is 34.5. The molecule has 0 radical (unpaired) electrons. The van der Waals surface area contributed by atoms with Crippen molar-refractivity contribution in [1.29, 1.82) is 0 Å². The summed E-state index contributed by atoms with van der Waals surface area (Å²) in [5.74, 6) is -2.85. The zero-order chi connectivity index (χ0) is 19.1. The number of carbonyl (C=O) groups excluding carboxylic acids is 2. The van der Waals surface area contributed by atoms with Crippen LogP contribution in [0.3, 0.4) is 0 Å². The molecule has 0 spiro atoms. The second-order valence-electron chi connectivity index (χ2n) is 6.92. The fourth-order valence-electron chi connectivity index (χ4n) is 2.64. The number of rotatable bonds is 11. The van der Waals surface area contributed by atoms with Gasteiger partial charge in [-0.3, -0.25) is 14.4 Å². The number of methoxy groups -OCH3 is 1. The van der Waals surface area contributed by atoms with Gasteiger partial charge in [0.05, 0.1) is 31.2 Å². The standard InChI is InChI=1S/C17H30O7/c1-10(7-6-8-13(19)20)15(22)11(2)16(23)17(3,4)12(18)9-14(21)24-5/h10-12,15,18,22H,6-9H2,1-5H3,(H,19,20)/t10-,11+,12-,15-/m0/s1. The number of hydrogen-bond acceptors (Lipinski definition) is 6. The molecule has 0 unspecified atom stereocenters. The van der Waals surface area contributed by atoms with Crippen molar-refractivity contribution >= 4 is 17.7 Å². The van der Waals surface area contributed by atoms with Crippen LogP contribution in [-0.2, 0) is 19.1 Å². The van der Waals surface area contributed by atoms with E-state index in [1.54, 1.807) is 13.8 Å². The first-order chi connectivity index (χ1) is 10.9. The summed E-state index contributed by atoms with van der Waals surface area (Å²) < 4.78 is 4.50. The van der Waals surface area contributed by atoms with Gasteiger partial charge in [-0.25, -0.2) is 0 Å². The molecule has 24 heavy (non-hydrogen) atoms. The molecule has 0 bridgehead atoms. The van der Waals surface area contributed by atoms with Gasteiger partial charge in [0.1, 0.15) is 5.78 Å². The van der Waals surface area contributed by atoms with Gasteiger partial charge in [-0.1, -0.05) is 27.7 Å². The number of ether oxygens (including phenoxy) is 1. The molecule has 0 saturated carbocycles. The van der Waals surface area contributed by atoms with Crippen LogP contribution in [0.15, 0.2) is 0 Å². The normalized spacial score (nSPS) is 16.8. The van der Waals surface area contributed by atoms with Gasteiger partial charge in [-0.15, -0.1) is 0 Å². The van der Waals surface area contributed by atoms with Crippen molar-refractivity contribution in [3.8, 4) is 0 Å². The molecular formula is C17H30O7. The maximum atomic E-state index is 12.6. The lowest BCUT2D eigenvalue weighted by atomic mass is 9.73. The van der Waals surface area contributed by atoms with Crippen LogP contribution in [0.25, 0.3) is 0 Å². The number of carbonyl (C=O) groups is 3. The van der Waals surface area contributed by atoms with Crippen molar-refractivity contribution in [2.24, 2.45) is 17.3 Å². The Labute approximate surface area is 143 Å². The van der Waals surface area contributed by atoms with Gasteiger partial charge >= 0.3 is 11.9 Å². The Kier molecular flexibility index (Phi) is 9.14. The van der Waals surface area contributed by atoms with Crippen LogP contribution in [0.1, 0.15) is 53.4 Å². The molecule has 0 heterocycles. The Morgan fingerprint density at radius 1 is 1.12 bits per heavy atom. The Morgan fingerprint density at radius 3 is 2.12 bits per heavy atom. The largest absolute Gasteiger partial charge is 0.481 e. The second kappa shape index (κ2) is 9.74. The van der Waals surface area contributed by atoms with E-state index in [0.717, 1.165) is 0 Å². The van der Waals surface area contributed by atoms with Crippen molar-refractivity contribution in [3.05, 3.63) is 0 Å². The summed E-state index contributed by atoms with van der Waals surface area (Å²) in [6, 6.07) is 0. The highest BCUT2D eigenvalue weighted by molar-refractivity contribution is 5.87. The minimum Gasteiger partial charge on any atom is -0.481 e. The molecule has 0 saturated heterocycles. The molecule has 140 valence electrons. The second-order valence-corrected chi connectivity index (χ2v) is 6.92. The minimum absolute atomic E-state index is 0.0166. The van der Waals surface area contributed by atoms with E-state index in [1.807, 2.05) is 0 Å². The third-order valence-electron chi connectivity index (χ3n) is 4.61. The van der Waals surface area contributed by atoms with E-state index < -0.39 is 35.5 Å². The van der Waals surface area contributed by atoms with Crippen LogP contribution < -0.4 is 0 Å². The topological polar surface area (TPSA) is 121 Å². The maximum Gasteiger partial charge on any atom is 0.308 e. The Balaban J connectivity index is 4.81. The van der Waals surface area contributed by atoms with Gasteiger partial charge in [0.15, 0.2) is 0 Å². The van der Waals surface area contributed by atoms with Crippen LogP contribution in [0.2, 0.25) is 0 Å². The fourth-order valence-corrected chi connectivity index (χ4v) is 2.64. The van der Waals surface area contributed by atoms with Gasteiger partial charge < -0.3 is 20.1 Å². The number of hydrogen-bond donors (Lipinski definition) is 3. The molecular weight excluding hydrogens is 316 g/mol. The average molecular weight is 346 g/mol. The van der Waals surface area contributed by atoms with Gasteiger partial charge in [0.25, 0.3) is 0 Å². The molecule has 0 aromatic carbocycles. The monoisotopic (exact) mass is 346 g/mol. The Bertz CT molecular complexity index is 444. The van der Waals surface area contributed by atoms with Gasteiger partial charge in [-0.2, -0.15) is 0 Å². The lowest BCUT2D eigenvalue weighted by Gasteiger charge is -2.34. The SMILES string of the molecule is COC(=O)C[C@H](O)C(C)(C)C(=O)[C@H](C)[C@@H](O)[C@@H](C)CCCC(=O)O. The van der Waals surface area contributed by atoms with Crippen LogP contribution >= 0.6 is 0 Å². The van der Waals surface area contributed by atoms with Crippen molar-refractivity contribution in [2.75, 3.05) is 7.11 Å². The lowest BCUT2D eigenvalue weighted by Crippen LogP contribution is -2.45. The zero-order valence-corrected chi connectivity index (χ0v) is 15.1. The first kappa shape index (κ1) is 22.5. The molecule has 0 aromatic heterocycles. The highest BCUT2D eigenvalue weighted by Crippen LogP contribution is 2.31. The van der Waals surface area contributed by atoms with E-state index in [4.69, 9.17) is 5.11 Å². The predicted octanol–water partition coefficient (Wildman–Crippen LogP) is 1.39. The number of aliphatic carboxylic acids is 1. The number of esters is 1. The fraction of sp³-hybridized carbons (Fsp3) is 0.824. The van der Waals surface area contributed by atoms with Crippen molar-refractivity contribution in [2.45, 2.75) is 65.6 Å². The van der Waals surface area contributed by atoms with E-state index in [0.29, 0.717) is 12.8 Å². The minimum atomic E-state index is -1.21. The molecule has 0 aliphatic carbocycles. The molecule has 0 aliphatic rings. The number of aliphatic hydroxyl groups excluding tert-OH is 2. The average Bonchev–Trinajstić information content (AvgIpc) is 2.51. The summed E-state index contributed by atoms with van der Waals surface area (Å²) >= 11 is 0. The number of carboxylic acid groups (broad SMARTS) is 1. The molecule has 7 nitrogen and oxygen atoms in total. The third kappa shape index (κ3) is 6.57. The molecule has 0 rings (SSSR count). The predicted molar refractivity (Wildman–Crippen MR) is 87.2 cm³/mol. The van der Waals surface area contributed by atoms with Gasteiger partial charge in [0.2, 0.25) is 0 Å². The Morgan fingerprint density at radius 2 is 1.67 bits per heavy atom. The number of carboxylic acids is 1. The summed E-state index contributed by atoms with van der Waals surface area (Å²) in [5, 5.41) is 29.1. The summed E-state index contributed by atoms with van der Waals surface area (Å²) in [6.07, 6.45) is -1.54. The molecule has 0 amide bonds. The maximum absolute atomic E-state index is 12.6. The zero-order valence-electron chi connectivity index (χ0n) is 15.1. The highest BCUT2D eigenvalue weighted by Gasteiger charge is 2.41. The van der Waals surface area contributed by atoms with Crippen molar-refractivity contribution in [1.82, 2.24) is 0 Å². The smallest absolute Gasteiger partial charge is 0.308 e. The van der Waals surface area contributed by atoms with E-state index in [2.05, 4.69) is 4.74 Å². The lowest BCUT2D eigenvalue weighted by molar-refractivity contribution is -0.149. The molecule has 0 fully saturated rings. The number of ketones is 1. The van der Waals surface area contributed by atoms with E-state index >= 15 is 0 Å².